The van der Waals surface area contributed by atoms with Gasteiger partial charge < -0.3 is 0 Å². The summed E-state index contributed by atoms with van der Waals surface area (Å²) in [5.41, 5.74) is 11.1. The molecular formula is C28H28N+. The van der Waals surface area contributed by atoms with Gasteiger partial charge in [0.25, 0.3) is 0 Å². The van der Waals surface area contributed by atoms with Gasteiger partial charge in [0, 0.05) is 17.7 Å². The summed E-state index contributed by atoms with van der Waals surface area (Å²) in [5.74, 6) is 0. The predicted molar refractivity (Wildman–Crippen MR) is 123 cm³/mol. The number of nitrogens with zero attached hydrogens (tertiary/aromatic N) is 1. The summed E-state index contributed by atoms with van der Waals surface area (Å²) in [7, 11) is 2.15. The summed E-state index contributed by atoms with van der Waals surface area (Å²) >= 11 is 0. The number of rotatable bonds is 2. The first-order valence-corrected chi connectivity index (χ1v) is 10.5. The highest BCUT2D eigenvalue weighted by Gasteiger charge is 2.24. The Labute approximate surface area is 173 Å². The summed E-state index contributed by atoms with van der Waals surface area (Å²) in [5, 5.41) is 2.72. The van der Waals surface area contributed by atoms with Crippen LogP contribution in [0.1, 0.15) is 31.9 Å². The largest absolute Gasteiger partial charge is 0.212 e. The van der Waals surface area contributed by atoms with Gasteiger partial charge in [0.15, 0.2) is 6.20 Å². The number of hydrogen-bond acceptors (Lipinski definition) is 0. The number of benzene rings is 3. The molecule has 1 aliphatic rings. The lowest BCUT2D eigenvalue weighted by molar-refractivity contribution is -0.660. The molecule has 0 saturated carbocycles. The van der Waals surface area contributed by atoms with Gasteiger partial charge in [-0.3, -0.25) is 0 Å². The highest BCUT2D eigenvalue weighted by Crippen LogP contribution is 2.48. The fourth-order valence-electron chi connectivity index (χ4n) is 4.82. The van der Waals surface area contributed by atoms with E-state index in [9.17, 15) is 0 Å². The maximum atomic E-state index is 2.41. The van der Waals surface area contributed by atoms with Crippen LogP contribution in [-0.4, -0.2) is 0 Å². The molecule has 0 bridgehead atoms. The van der Waals surface area contributed by atoms with Gasteiger partial charge in [-0.15, -0.1) is 0 Å². The normalized spacial score (nSPS) is 12.4. The maximum absolute atomic E-state index is 2.41. The second-order valence-corrected chi connectivity index (χ2v) is 9.69. The molecule has 0 unspecified atom stereocenters. The Morgan fingerprint density at radius 2 is 1.41 bits per heavy atom. The molecule has 0 aliphatic heterocycles. The molecule has 3 aromatic carbocycles. The third-order valence-electron chi connectivity index (χ3n) is 6.07. The Morgan fingerprint density at radius 1 is 0.759 bits per heavy atom. The molecule has 1 nitrogen and oxygen atoms in total. The van der Waals surface area contributed by atoms with Gasteiger partial charge >= 0.3 is 0 Å². The number of aromatic nitrogens is 1. The third-order valence-corrected chi connectivity index (χ3v) is 6.07. The Bertz CT molecular complexity index is 1270. The summed E-state index contributed by atoms with van der Waals surface area (Å²) in [6, 6.07) is 22.8. The van der Waals surface area contributed by atoms with E-state index in [1.54, 1.807) is 0 Å². The monoisotopic (exact) mass is 378 g/mol. The second kappa shape index (κ2) is 6.29. The van der Waals surface area contributed by atoms with Gasteiger partial charge in [0.1, 0.15) is 7.05 Å². The van der Waals surface area contributed by atoms with Crippen LogP contribution in [0.2, 0.25) is 0 Å². The van der Waals surface area contributed by atoms with E-state index in [1.807, 2.05) is 0 Å². The molecule has 0 spiro atoms. The van der Waals surface area contributed by atoms with E-state index in [-0.39, 0.29) is 5.41 Å². The predicted octanol–water partition coefficient (Wildman–Crippen LogP) is 6.88. The van der Waals surface area contributed by atoms with Gasteiger partial charge in [-0.05, 0) is 75.0 Å². The van der Waals surface area contributed by atoms with Crippen molar-refractivity contribution in [1.29, 1.82) is 0 Å². The lowest BCUT2D eigenvalue weighted by Crippen LogP contribution is -2.31. The number of fused-ring (bicyclic) bond motifs is 3. The molecule has 0 radical (unpaired) electrons. The van der Waals surface area contributed by atoms with Crippen LogP contribution < -0.4 is 4.57 Å². The summed E-state index contributed by atoms with van der Waals surface area (Å²) in [6.45, 7) is 9.16. The first-order valence-electron chi connectivity index (χ1n) is 10.5. The molecule has 0 amide bonds. The van der Waals surface area contributed by atoms with Crippen LogP contribution in [-0.2, 0) is 13.5 Å². The Kier molecular flexibility index (Phi) is 3.93. The van der Waals surface area contributed by atoms with Crippen molar-refractivity contribution in [3.8, 4) is 33.5 Å². The molecule has 0 atom stereocenters. The fourth-order valence-corrected chi connectivity index (χ4v) is 4.82. The molecule has 1 heterocycles. The van der Waals surface area contributed by atoms with E-state index in [0.29, 0.717) is 0 Å². The average molecular weight is 379 g/mol. The highest BCUT2D eigenvalue weighted by molar-refractivity contribution is 6.15. The van der Waals surface area contributed by atoms with E-state index < -0.39 is 0 Å². The zero-order valence-electron chi connectivity index (χ0n) is 18.0. The second-order valence-electron chi connectivity index (χ2n) is 9.69. The lowest BCUT2D eigenvalue weighted by Gasteiger charge is -2.18. The molecular weight excluding hydrogens is 350 g/mol. The van der Waals surface area contributed by atoms with Gasteiger partial charge in [0.05, 0.1) is 0 Å². The molecule has 144 valence electrons. The first kappa shape index (κ1) is 18.1. The quantitative estimate of drug-likeness (QED) is 0.295. The van der Waals surface area contributed by atoms with E-state index in [0.717, 1.165) is 6.42 Å². The SMILES string of the molecule is Cc1cc2c(cc1-c1cc(CC(C)(C)C)cc[n+]1C)-c1cccc3cccc-2c13. The minimum absolute atomic E-state index is 0.279. The van der Waals surface area contributed by atoms with Crippen LogP contribution in [0.5, 0.6) is 0 Å². The van der Waals surface area contributed by atoms with Crippen LogP contribution in [0.4, 0.5) is 0 Å². The van der Waals surface area contributed by atoms with Crippen molar-refractivity contribution in [2.24, 2.45) is 12.5 Å². The van der Waals surface area contributed by atoms with Crippen molar-refractivity contribution in [2.45, 2.75) is 34.1 Å². The van der Waals surface area contributed by atoms with E-state index in [2.05, 4.69) is 106 Å². The summed E-state index contributed by atoms with van der Waals surface area (Å²) in [4.78, 5) is 0. The van der Waals surface area contributed by atoms with Crippen LogP contribution in [0, 0.1) is 12.3 Å². The van der Waals surface area contributed by atoms with Crippen LogP contribution >= 0.6 is 0 Å². The van der Waals surface area contributed by atoms with Crippen molar-refractivity contribution in [3.05, 3.63) is 78.0 Å². The Hall–Kier alpha value is -2.93. The molecule has 1 aliphatic carbocycles. The maximum Gasteiger partial charge on any atom is 0.212 e. The van der Waals surface area contributed by atoms with Gasteiger partial charge in [-0.25, -0.2) is 4.57 Å². The standard InChI is InChI=1S/C28H28N/c1-18-14-24-21-10-6-8-20-9-7-11-22(27(20)21)25(24)16-23(18)26-15-19(12-13-29(26)5)17-28(2,3)4/h6-16H,17H2,1-5H3/q+1. The van der Waals surface area contributed by atoms with E-state index in [1.165, 1.54) is 55.4 Å². The number of hydrogen-bond donors (Lipinski definition) is 0. The van der Waals surface area contributed by atoms with Crippen molar-refractivity contribution in [2.75, 3.05) is 0 Å². The Balaban J connectivity index is 1.71. The molecule has 29 heavy (non-hydrogen) atoms. The van der Waals surface area contributed by atoms with Crippen LogP contribution in [0.25, 0.3) is 44.3 Å². The molecule has 0 saturated heterocycles. The minimum atomic E-state index is 0.279. The van der Waals surface area contributed by atoms with Gasteiger partial charge in [-0.1, -0.05) is 57.2 Å². The Morgan fingerprint density at radius 3 is 2.07 bits per heavy atom. The highest BCUT2D eigenvalue weighted by atomic mass is 14.9. The van der Waals surface area contributed by atoms with E-state index in [4.69, 9.17) is 0 Å². The molecule has 4 aromatic rings. The number of pyridine rings is 1. The lowest BCUT2D eigenvalue weighted by atomic mass is 9.87. The van der Waals surface area contributed by atoms with Gasteiger partial charge in [0.2, 0.25) is 5.69 Å². The average Bonchev–Trinajstić information content (AvgIpc) is 2.97. The van der Waals surface area contributed by atoms with Crippen molar-refractivity contribution in [3.63, 3.8) is 0 Å². The van der Waals surface area contributed by atoms with E-state index >= 15 is 0 Å². The van der Waals surface area contributed by atoms with Gasteiger partial charge in [-0.2, -0.15) is 0 Å². The third kappa shape index (κ3) is 2.97. The van der Waals surface area contributed by atoms with Crippen molar-refractivity contribution >= 4 is 10.8 Å². The zero-order chi connectivity index (χ0) is 20.3. The zero-order valence-corrected chi connectivity index (χ0v) is 18.0. The molecule has 1 heteroatoms. The summed E-state index contributed by atoms with van der Waals surface area (Å²) < 4.78 is 2.25. The molecule has 5 rings (SSSR count). The first-order chi connectivity index (χ1) is 13.8. The summed E-state index contributed by atoms with van der Waals surface area (Å²) in [6.07, 6.45) is 3.29. The molecule has 1 aromatic heterocycles. The smallest absolute Gasteiger partial charge is 0.201 e. The fraction of sp³-hybridized carbons (Fsp3) is 0.250. The van der Waals surface area contributed by atoms with Crippen molar-refractivity contribution < 1.29 is 4.57 Å². The molecule has 0 N–H and O–H groups in total. The minimum Gasteiger partial charge on any atom is -0.201 e. The van der Waals surface area contributed by atoms with Crippen molar-refractivity contribution in [1.82, 2.24) is 0 Å². The van der Waals surface area contributed by atoms with Crippen LogP contribution in [0.3, 0.4) is 0 Å². The number of aryl methyl sites for hydroxylation is 2. The van der Waals surface area contributed by atoms with Crippen LogP contribution in [0.15, 0.2) is 66.9 Å². The topological polar surface area (TPSA) is 3.88 Å². The molecule has 0 fully saturated rings.